The molecule has 0 bridgehead atoms. The van der Waals surface area contributed by atoms with E-state index in [0.29, 0.717) is 32.5 Å². The topological polar surface area (TPSA) is 34.9 Å². The molecule has 0 spiro atoms. The van der Waals surface area contributed by atoms with Gasteiger partial charge in [-0.25, -0.2) is 4.98 Å². The molecule has 0 saturated carbocycles. The summed E-state index contributed by atoms with van der Waals surface area (Å²) in [5.74, 6) is 0.502. The first-order valence-electron chi connectivity index (χ1n) is 8.34. The van der Waals surface area contributed by atoms with Crippen molar-refractivity contribution in [1.82, 2.24) is 9.55 Å². The molecule has 4 aromatic rings. The summed E-state index contributed by atoms with van der Waals surface area (Å²) in [5, 5.41) is 1.70. The Hall–Kier alpha value is -2.88. The molecule has 0 unspecified atom stereocenters. The summed E-state index contributed by atoms with van der Waals surface area (Å²) < 4.78 is 1.54. The molecule has 3 nitrogen and oxygen atoms in total. The molecule has 0 saturated heterocycles. The van der Waals surface area contributed by atoms with Crippen LogP contribution in [0, 0.1) is 0 Å². The quantitative estimate of drug-likeness (QED) is 0.437. The van der Waals surface area contributed by atoms with Crippen molar-refractivity contribution in [3.8, 4) is 5.69 Å². The highest BCUT2D eigenvalue weighted by Crippen LogP contribution is 2.22. The zero-order valence-electron chi connectivity index (χ0n) is 14.1. The number of rotatable bonds is 3. The van der Waals surface area contributed by atoms with Gasteiger partial charge in [0, 0.05) is 5.02 Å². The van der Waals surface area contributed by atoms with Crippen LogP contribution in [0.4, 0.5) is 0 Å². The molecule has 3 aromatic carbocycles. The second-order valence-corrected chi connectivity index (χ2v) is 6.81. The highest BCUT2D eigenvalue weighted by atomic mass is 35.5. The number of nitrogens with zero attached hydrogens (tertiary/aromatic N) is 2. The molecule has 0 aliphatic carbocycles. The molecule has 1 aromatic heterocycles. The third-order valence-corrected chi connectivity index (χ3v) is 4.76. The van der Waals surface area contributed by atoms with Crippen molar-refractivity contribution >= 4 is 46.3 Å². The lowest BCUT2D eigenvalue weighted by Gasteiger charge is -2.12. The molecule has 132 valence electrons. The van der Waals surface area contributed by atoms with Gasteiger partial charge in [0.2, 0.25) is 0 Å². The predicted molar refractivity (Wildman–Crippen MR) is 113 cm³/mol. The van der Waals surface area contributed by atoms with Crippen LogP contribution in [-0.4, -0.2) is 9.55 Å². The Kier molecular flexibility index (Phi) is 4.80. The number of benzene rings is 3. The van der Waals surface area contributed by atoms with E-state index >= 15 is 0 Å². The first kappa shape index (κ1) is 17.5. The van der Waals surface area contributed by atoms with Gasteiger partial charge in [-0.1, -0.05) is 65.7 Å². The molecule has 4 rings (SSSR count). The minimum Gasteiger partial charge on any atom is -0.268 e. The third kappa shape index (κ3) is 3.52. The Morgan fingerprint density at radius 2 is 1.52 bits per heavy atom. The molecule has 0 radical (unpaired) electrons. The van der Waals surface area contributed by atoms with E-state index in [2.05, 4.69) is 4.98 Å². The molecule has 0 N–H and O–H groups in total. The fourth-order valence-electron chi connectivity index (χ4n) is 2.87. The van der Waals surface area contributed by atoms with E-state index in [1.807, 2.05) is 60.7 Å². The molecule has 27 heavy (non-hydrogen) atoms. The first-order valence-corrected chi connectivity index (χ1v) is 9.09. The van der Waals surface area contributed by atoms with Gasteiger partial charge in [-0.3, -0.25) is 9.36 Å². The Morgan fingerprint density at radius 1 is 0.815 bits per heavy atom. The highest BCUT2D eigenvalue weighted by molar-refractivity contribution is 6.32. The van der Waals surface area contributed by atoms with Gasteiger partial charge < -0.3 is 0 Å². The minimum atomic E-state index is -0.163. The van der Waals surface area contributed by atoms with E-state index < -0.39 is 0 Å². The highest BCUT2D eigenvalue weighted by Gasteiger charge is 2.13. The van der Waals surface area contributed by atoms with E-state index in [0.717, 1.165) is 5.56 Å². The summed E-state index contributed by atoms with van der Waals surface area (Å²) in [4.78, 5) is 17.8. The van der Waals surface area contributed by atoms with Crippen molar-refractivity contribution in [3.05, 3.63) is 105 Å². The number of hydrogen-bond acceptors (Lipinski definition) is 2. The van der Waals surface area contributed by atoms with Crippen LogP contribution in [0.2, 0.25) is 10.0 Å². The van der Waals surface area contributed by atoms with Gasteiger partial charge in [-0.2, -0.15) is 0 Å². The maximum absolute atomic E-state index is 13.2. The van der Waals surface area contributed by atoms with E-state index in [1.54, 1.807) is 24.3 Å². The van der Waals surface area contributed by atoms with Crippen molar-refractivity contribution in [3.63, 3.8) is 0 Å². The fourth-order valence-corrected chi connectivity index (χ4v) is 3.22. The molecule has 0 fully saturated rings. The van der Waals surface area contributed by atoms with Gasteiger partial charge in [0.15, 0.2) is 0 Å². The monoisotopic (exact) mass is 392 g/mol. The van der Waals surface area contributed by atoms with Crippen LogP contribution in [0.3, 0.4) is 0 Å². The second kappa shape index (κ2) is 7.39. The average Bonchev–Trinajstić information content (AvgIpc) is 2.69. The summed E-state index contributed by atoms with van der Waals surface area (Å²) in [6.45, 7) is 0. The zero-order valence-corrected chi connectivity index (χ0v) is 15.7. The lowest BCUT2D eigenvalue weighted by molar-refractivity contribution is 0.944. The van der Waals surface area contributed by atoms with Gasteiger partial charge >= 0.3 is 0 Å². The number of fused-ring (bicyclic) bond motifs is 1. The molecular formula is C22H14Cl2N2O. The Bertz CT molecular complexity index is 1210. The minimum absolute atomic E-state index is 0.163. The summed E-state index contributed by atoms with van der Waals surface area (Å²) in [6.07, 6.45) is 3.70. The van der Waals surface area contributed by atoms with Gasteiger partial charge in [0.1, 0.15) is 5.82 Å². The standard InChI is InChI=1S/C22H14Cl2N2O/c23-16-12-9-15(10-13-16)11-14-21-25-19-7-3-1-5-17(19)22(27)26(21)20-8-4-2-6-18(20)24/h1-14H/b14-11-. The van der Waals surface area contributed by atoms with E-state index in [1.165, 1.54) is 4.57 Å². The SMILES string of the molecule is O=c1c2ccccc2nc(/C=C\c2ccc(Cl)cc2)n1-c1ccccc1Cl. The molecule has 0 aliphatic heterocycles. The molecular weight excluding hydrogens is 379 g/mol. The number of para-hydroxylation sites is 2. The van der Waals surface area contributed by atoms with Crippen LogP contribution in [0.5, 0.6) is 0 Å². The van der Waals surface area contributed by atoms with Gasteiger partial charge in [0.25, 0.3) is 5.56 Å². The predicted octanol–water partition coefficient (Wildman–Crippen LogP) is 5.86. The summed E-state index contributed by atoms with van der Waals surface area (Å²) in [5.41, 5.74) is 2.02. The maximum atomic E-state index is 13.2. The van der Waals surface area contributed by atoms with Crippen LogP contribution in [0.15, 0.2) is 77.6 Å². The first-order chi connectivity index (χ1) is 13.1. The van der Waals surface area contributed by atoms with E-state index in [4.69, 9.17) is 23.2 Å². The molecule has 0 amide bonds. The maximum Gasteiger partial charge on any atom is 0.266 e. The second-order valence-electron chi connectivity index (χ2n) is 5.96. The van der Waals surface area contributed by atoms with E-state index in [9.17, 15) is 4.79 Å². The zero-order chi connectivity index (χ0) is 18.8. The van der Waals surface area contributed by atoms with Crippen LogP contribution in [-0.2, 0) is 0 Å². The van der Waals surface area contributed by atoms with Crippen molar-refractivity contribution in [2.75, 3.05) is 0 Å². The van der Waals surface area contributed by atoms with Crippen LogP contribution < -0.4 is 5.56 Å². The molecule has 0 atom stereocenters. The van der Waals surface area contributed by atoms with E-state index in [-0.39, 0.29) is 5.56 Å². The lowest BCUT2D eigenvalue weighted by Crippen LogP contribution is -2.22. The number of hydrogen-bond donors (Lipinski definition) is 0. The lowest BCUT2D eigenvalue weighted by atomic mass is 10.2. The fraction of sp³-hybridized carbons (Fsp3) is 0. The van der Waals surface area contributed by atoms with Crippen LogP contribution in [0.1, 0.15) is 11.4 Å². The van der Waals surface area contributed by atoms with Gasteiger partial charge in [-0.15, -0.1) is 0 Å². The van der Waals surface area contributed by atoms with Crippen molar-refractivity contribution in [1.29, 1.82) is 0 Å². The Morgan fingerprint density at radius 3 is 2.30 bits per heavy atom. The summed E-state index contributed by atoms with van der Waals surface area (Å²) in [7, 11) is 0. The number of halogens is 2. The average molecular weight is 393 g/mol. The summed E-state index contributed by atoms with van der Waals surface area (Å²) >= 11 is 12.3. The molecule has 5 heteroatoms. The largest absolute Gasteiger partial charge is 0.268 e. The van der Waals surface area contributed by atoms with Crippen LogP contribution >= 0.6 is 23.2 Å². The van der Waals surface area contributed by atoms with Crippen molar-refractivity contribution in [2.24, 2.45) is 0 Å². The smallest absolute Gasteiger partial charge is 0.266 e. The van der Waals surface area contributed by atoms with Crippen molar-refractivity contribution < 1.29 is 0 Å². The van der Waals surface area contributed by atoms with Gasteiger partial charge in [-0.05, 0) is 48.0 Å². The third-order valence-electron chi connectivity index (χ3n) is 4.19. The summed E-state index contributed by atoms with van der Waals surface area (Å²) in [6, 6.07) is 21.9. The van der Waals surface area contributed by atoms with Gasteiger partial charge in [0.05, 0.1) is 21.6 Å². The number of aromatic nitrogens is 2. The molecule has 0 aliphatic rings. The van der Waals surface area contributed by atoms with Crippen LogP contribution in [0.25, 0.3) is 28.7 Å². The van der Waals surface area contributed by atoms with Crippen molar-refractivity contribution in [2.45, 2.75) is 0 Å². The Labute approximate surface area is 166 Å². The molecule has 1 heterocycles. The normalized spacial score (nSPS) is 11.3. The Balaban J connectivity index is 1.95.